The molecule has 4 rings (SSSR count). The van der Waals surface area contributed by atoms with Crippen molar-refractivity contribution >= 4 is 58.8 Å². The highest BCUT2D eigenvalue weighted by Crippen LogP contribution is 2.34. The molecule has 0 N–H and O–H groups in total. The normalized spacial score (nSPS) is 11.2. The van der Waals surface area contributed by atoms with Gasteiger partial charge in [-0.1, -0.05) is 30.0 Å². The van der Waals surface area contributed by atoms with Crippen LogP contribution in [0.2, 0.25) is 0 Å². The van der Waals surface area contributed by atoms with Gasteiger partial charge in [0.1, 0.15) is 0 Å². The molecule has 0 saturated carbocycles. The van der Waals surface area contributed by atoms with Crippen LogP contribution < -0.4 is 0 Å². The van der Waals surface area contributed by atoms with E-state index in [1.165, 1.54) is 63.6 Å². The molecule has 0 amide bonds. The molecule has 0 aliphatic carbocycles. The van der Waals surface area contributed by atoms with Crippen molar-refractivity contribution in [2.75, 3.05) is 24.0 Å². The Labute approximate surface area is 257 Å². The van der Waals surface area contributed by atoms with Crippen molar-refractivity contribution in [2.24, 2.45) is 0 Å². The van der Waals surface area contributed by atoms with Crippen molar-refractivity contribution in [1.82, 2.24) is 0 Å². The van der Waals surface area contributed by atoms with Crippen LogP contribution in [0, 0.1) is 20.8 Å². The summed E-state index contributed by atoms with van der Waals surface area (Å²) in [7, 11) is 0. The molecule has 4 aromatic carbocycles. The Bertz CT molecular complexity index is 1380. The van der Waals surface area contributed by atoms with Gasteiger partial charge in [0.15, 0.2) is 0 Å². The molecule has 5 heteroatoms. The summed E-state index contributed by atoms with van der Waals surface area (Å²) in [5.41, 5.74) is 7.10. The fraction of sp³-hybridized carbons (Fsp3) is 0.294. The van der Waals surface area contributed by atoms with E-state index in [1.807, 2.05) is 47.0 Å². The minimum absolute atomic E-state index is 1.11. The smallest absolute Gasteiger partial charge is 0.0152 e. The molecular formula is C34H38S5. The summed E-state index contributed by atoms with van der Waals surface area (Å²) in [5, 5.41) is 0. The lowest BCUT2D eigenvalue weighted by Crippen LogP contribution is -1.93. The minimum Gasteiger partial charge on any atom is -0.130 e. The van der Waals surface area contributed by atoms with Gasteiger partial charge in [0.2, 0.25) is 0 Å². The van der Waals surface area contributed by atoms with Crippen molar-refractivity contribution in [3.05, 3.63) is 107 Å². The molecule has 0 unspecified atom stereocenters. The SMILES string of the molecule is CSc1ccc(Sc2ccc(C)c(CCCSc3cccc(SCCc4cc(SC)ccc4C)c3)c2)c(C)c1. The predicted molar refractivity (Wildman–Crippen MR) is 181 cm³/mol. The Morgan fingerprint density at radius 3 is 1.79 bits per heavy atom. The predicted octanol–water partition coefficient (Wildman–Crippen LogP) is 11.3. The van der Waals surface area contributed by atoms with Crippen LogP contribution in [-0.4, -0.2) is 24.0 Å². The highest BCUT2D eigenvalue weighted by atomic mass is 32.2. The van der Waals surface area contributed by atoms with Crippen LogP contribution in [0.1, 0.15) is 34.2 Å². The summed E-state index contributed by atoms with van der Waals surface area (Å²) in [4.78, 5) is 8.12. The van der Waals surface area contributed by atoms with Gasteiger partial charge in [-0.15, -0.1) is 47.0 Å². The second-order valence-corrected chi connectivity index (χ2v) is 14.9. The maximum atomic E-state index is 2.40. The van der Waals surface area contributed by atoms with E-state index in [4.69, 9.17) is 0 Å². The number of thioether (sulfide) groups is 4. The van der Waals surface area contributed by atoms with Gasteiger partial charge in [-0.25, -0.2) is 0 Å². The monoisotopic (exact) mass is 606 g/mol. The van der Waals surface area contributed by atoms with E-state index in [0.29, 0.717) is 0 Å². The van der Waals surface area contributed by atoms with E-state index in [1.54, 1.807) is 11.8 Å². The molecule has 0 fully saturated rings. The molecule has 0 heterocycles. The second kappa shape index (κ2) is 15.6. The van der Waals surface area contributed by atoms with Gasteiger partial charge in [-0.05, 0) is 147 Å². The third-order valence-electron chi connectivity index (χ3n) is 6.79. The van der Waals surface area contributed by atoms with Gasteiger partial charge in [0.25, 0.3) is 0 Å². The first-order chi connectivity index (χ1) is 18.9. The van der Waals surface area contributed by atoms with Crippen LogP contribution in [0.4, 0.5) is 0 Å². The molecule has 39 heavy (non-hydrogen) atoms. The van der Waals surface area contributed by atoms with Crippen LogP contribution in [0.5, 0.6) is 0 Å². The van der Waals surface area contributed by atoms with Gasteiger partial charge < -0.3 is 0 Å². The fourth-order valence-electron chi connectivity index (χ4n) is 4.40. The molecule has 0 bridgehead atoms. The molecule has 4 aromatic rings. The van der Waals surface area contributed by atoms with Crippen LogP contribution in [0.15, 0.2) is 108 Å². The highest BCUT2D eigenvalue weighted by molar-refractivity contribution is 8.00. The van der Waals surface area contributed by atoms with Gasteiger partial charge in [0, 0.05) is 35.1 Å². The average molecular weight is 607 g/mol. The Morgan fingerprint density at radius 1 is 0.513 bits per heavy atom. The molecule has 0 aliphatic heterocycles. The number of benzene rings is 4. The number of hydrogen-bond donors (Lipinski definition) is 0. The Balaban J connectivity index is 1.26. The molecule has 204 valence electrons. The van der Waals surface area contributed by atoms with Crippen LogP contribution in [0.25, 0.3) is 0 Å². The molecule has 0 saturated heterocycles. The molecule has 0 spiro atoms. The first-order valence-electron chi connectivity index (χ1n) is 13.4. The van der Waals surface area contributed by atoms with E-state index in [0.717, 1.165) is 24.3 Å². The van der Waals surface area contributed by atoms with Gasteiger partial charge in [-0.3, -0.25) is 0 Å². The van der Waals surface area contributed by atoms with Crippen molar-refractivity contribution in [1.29, 1.82) is 0 Å². The number of aryl methyl sites for hydroxylation is 5. The number of rotatable bonds is 13. The summed E-state index contributed by atoms with van der Waals surface area (Å²) in [6.07, 6.45) is 7.71. The minimum atomic E-state index is 1.11. The highest BCUT2D eigenvalue weighted by Gasteiger charge is 2.07. The summed E-state index contributed by atoms with van der Waals surface area (Å²) in [6, 6.07) is 29.7. The standard InChI is InChI=1S/C34H38S5/c1-24-12-14-33(39-34-16-15-29(35-4)20-26(34)3)22-27(24)8-7-18-37-31-9-6-10-32(23-31)38-19-17-28-21-30(36-5)13-11-25(28)2/h6,9-16,20-23H,7-8,17-19H2,1-5H3. The van der Waals surface area contributed by atoms with Gasteiger partial charge in [-0.2, -0.15) is 0 Å². The first kappa shape index (κ1) is 30.6. The maximum absolute atomic E-state index is 2.40. The average Bonchev–Trinajstić information content (AvgIpc) is 2.95. The van der Waals surface area contributed by atoms with Crippen LogP contribution in [-0.2, 0) is 12.8 Å². The van der Waals surface area contributed by atoms with Crippen LogP contribution >= 0.6 is 58.8 Å². The fourth-order valence-corrected chi connectivity index (χ4v) is 8.24. The Hall–Kier alpha value is -1.37. The van der Waals surface area contributed by atoms with Crippen molar-refractivity contribution in [3.8, 4) is 0 Å². The quantitative estimate of drug-likeness (QED) is 0.109. The third kappa shape index (κ3) is 9.33. The number of hydrogen-bond acceptors (Lipinski definition) is 5. The molecular weight excluding hydrogens is 569 g/mol. The van der Waals surface area contributed by atoms with Gasteiger partial charge in [0.05, 0.1) is 0 Å². The largest absolute Gasteiger partial charge is 0.130 e. The zero-order chi connectivity index (χ0) is 27.6. The van der Waals surface area contributed by atoms with Crippen molar-refractivity contribution in [3.63, 3.8) is 0 Å². The lowest BCUT2D eigenvalue weighted by molar-refractivity contribution is 0.918. The molecule has 0 aromatic heterocycles. The van der Waals surface area contributed by atoms with Crippen LogP contribution in [0.3, 0.4) is 0 Å². The maximum Gasteiger partial charge on any atom is 0.0152 e. The molecule has 0 atom stereocenters. The van der Waals surface area contributed by atoms with E-state index < -0.39 is 0 Å². The van der Waals surface area contributed by atoms with E-state index in [9.17, 15) is 0 Å². The lowest BCUT2D eigenvalue weighted by atomic mass is 10.0. The molecule has 0 nitrogen and oxygen atoms in total. The summed E-state index contributed by atoms with van der Waals surface area (Å²) in [5.74, 6) is 2.25. The molecule has 0 aliphatic rings. The van der Waals surface area contributed by atoms with E-state index in [-0.39, 0.29) is 0 Å². The van der Waals surface area contributed by atoms with Crippen molar-refractivity contribution in [2.45, 2.75) is 69.4 Å². The zero-order valence-corrected chi connectivity index (χ0v) is 27.7. The summed E-state index contributed by atoms with van der Waals surface area (Å²) < 4.78 is 0. The van der Waals surface area contributed by atoms with Crippen molar-refractivity contribution < 1.29 is 0 Å². The second-order valence-electron chi connectivity index (χ2n) is 9.64. The first-order valence-corrected chi connectivity index (χ1v) is 18.6. The van der Waals surface area contributed by atoms with Gasteiger partial charge >= 0.3 is 0 Å². The lowest BCUT2D eigenvalue weighted by Gasteiger charge is -2.11. The zero-order valence-electron chi connectivity index (χ0n) is 23.6. The summed E-state index contributed by atoms with van der Waals surface area (Å²) >= 11 is 9.47. The molecule has 0 radical (unpaired) electrons. The summed E-state index contributed by atoms with van der Waals surface area (Å²) in [6.45, 7) is 6.69. The van der Waals surface area contributed by atoms with E-state index in [2.05, 4.69) is 112 Å². The Morgan fingerprint density at radius 2 is 1.10 bits per heavy atom. The third-order valence-corrected chi connectivity index (χ3v) is 11.5. The topological polar surface area (TPSA) is 0 Å². The Kier molecular flexibility index (Phi) is 12.2. The van der Waals surface area contributed by atoms with E-state index >= 15 is 0 Å².